The molecule has 2 saturated carbocycles. The van der Waals surface area contributed by atoms with Crippen molar-refractivity contribution in [2.24, 2.45) is 16.7 Å². The molecule has 18 heavy (non-hydrogen) atoms. The Bertz CT molecular complexity index is 416. The van der Waals surface area contributed by atoms with Crippen molar-refractivity contribution in [1.82, 2.24) is 0 Å². The van der Waals surface area contributed by atoms with Crippen LogP contribution in [0.5, 0.6) is 0 Å². The van der Waals surface area contributed by atoms with Crippen molar-refractivity contribution in [1.29, 1.82) is 0 Å². The maximum atomic E-state index is 12.4. The Morgan fingerprint density at radius 3 is 2.83 bits per heavy atom. The molecule has 1 saturated heterocycles. The molecule has 100 valence electrons. The van der Waals surface area contributed by atoms with Gasteiger partial charge in [0.1, 0.15) is 6.10 Å². The van der Waals surface area contributed by atoms with E-state index in [0.717, 1.165) is 37.7 Å². The number of carbonyl (C=O) groups is 1. The third kappa shape index (κ3) is 1.26. The van der Waals surface area contributed by atoms with Crippen LogP contribution in [0, 0.1) is 16.7 Å². The van der Waals surface area contributed by atoms with Gasteiger partial charge in [-0.15, -0.1) is 0 Å². The van der Waals surface area contributed by atoms with Gasteiger partial charge in [-0.1, -0.05) is 19.1 Å². The van der Waals surface area contributed by atoms with E-state index in [1.165, 1.54) is 0 Å². The lowest BCUT2D eigenvalue weighted by atomic mass is 9.63. The number of ether oxygens (including phenoxy) is 1. The molecular weight excluding hydrogens is 228 g/mol. The monoisotopic (exact) mass is 250 g/mol. The Morgan fingerprint density at radius 1 is 1.44 bits per heavy atom. The summed E-state index contributed by atoms with van der Waals surface area (Å²) in [6.45, 7) is 8.14. The smallest absolute Gasteiger partial charge is 0.313 e. The minimum Gasteiger partial charge on any atom is -0.461 e. The second-order valence-corrected chi connectivity index (χ2v) is 6.69. The number of fused-ring (bicyclic) bond motifs is 1. The SMILES string of the molecule is C=C(C)C1CCC2(C)C(O)CCC23CC1OC3=O. The zero-order valence-electron chi connectivity index (χ0n) is 11.2. The second-order valence-electron chi connectivity index (χ2n) is 6.69. The van der Waals surface area contributed by atoms with Crippen molar-refractivity contribution in [3.63, 3.8) is 0 Å². The molecule has 3 fully saturated rings. The van der Waals surface area contributed by atoms with Crippen LogP contribution in [-0.4, -0.2) is 23.3 Å². The van der Waals surface area contributed by atoms with Gasteiger partial charge in [-0.2, -0.15) is 0 Å². The van der Waals surface area contributed by atoms with Crippen LogP contribution in [0.1, 0.15) is 46.0 Å². The minimum absolute atomic E-state index is 0.0119. The Kier molecular flexibility index (Phi) is 2.44. The maximum absolute atomic E-state index is 12.4. The van der Waals surface area contributed by atoms with Gasteiger partial charge in [0.2, 0.25) is 0 Å². The van der Waals surface area contributed by atoms with E-state index in [9.17, 15) is 9.90 Å². The highest BCUT2D eigenvalue weighted by Gasteiger charge is 2.67. The summed E-state index contributed by atoms with van der Waals surface area (Å²) in [4.78, 5) is 12.4. The van der Waals surface area contributed by atoms with Crippen LogP contribution < -0.4 is 0 Å². The molecule has 3 heteroatoms. The van der Waals surface area contributed by atoms with Gasteiger partial charge in [-0.3, -0.25) is 4.79 Å². The molecule has 1 N–H and O–H groups in total. The highest BCUT2D eigenvalue weighted by atomic mass is 16.6. The summed E-state index contributed by atoms with van der Waals surface area (Å²) in [6.07, 6.45) is 3.78. The molecule has 0 aromatic carbocycles. The van der Waals surface area contributed by atoms with E-state index in [0.29, 0.717) is 0 Å². The van der Waals surface area contributed by atoms with Crippen molar-refractivity contribution >= 4 is 5.97 Å². The van der Waals surface area contributed by atoms with Crippen LogP contribution in [0.2, 0.25) is 0 Å². The van der Waals surface area contributed by atoms with Crippen molar-refractivity contribution < 1.29 is 14.6 Å². The number of rotatable bonds is 1. The van der Waals surface area contributed by atoms with E-state index in [1.807, 2.05) is 6.92 Å². The van der Waals surface area contributed by atoms with Gasteiger partial charge in [0.25, 0.3) is 0 Å². The molecule has 0 aromatic rings. The molecular formula is C15H22O3. The molecule has 2 bridgehead atoms. The van der Waals surface area contributed by atoms with Gasteiger partial charge in [0, 0.05) is 17.8 Å². The van der Waals surface area contributed by atoms with E-state index < -0.39 is 5.41 Å². The minimum atomic E-state index is -0.429. The largest absolute Gasteiger partial charge is 0.461 e. The lowest BCUT2D eigenvalue weighted by molar-refractivity contribution is -0.158. The fraction of sp³-hybridized carbons (Fsp3) is 0.800. The highest BCUT2D eigenvalue weighted by molar-refractivity contribution is 5.81. The summed E-state index contributed by atoms with van der Waals surface area (Å²) in [5.74, 6) is 0.195. The molecule has 3 nitrogen and oxygen atoms in total. The number of hydrogen-bond acceptors (Lipinski definition) is 3. The van der Waals surface area contributed by atoms with Crippen molar-refractivity contribution in [2.45, 2.75) is 58.2 Å². The van der Waals surface area contributed by atoms with E-state index in [1.54, 1.807) is 0 Å². The van der Waals surface area contributed by atoms with Crippen LogP contribution in [0.3, 0.4) is 0 Å². The van der Waals surface area contributed by atoms with E-state index in [-0.39, 0.29) is 29.5 Å². The summed E-state index contributed by atoms with van der Waals surface area (Å²) >= 11 is 0. The lowest BCUT2D eigenvalue weighted by Gasteiger charge is -2.39. The Hall–Kier alpha value is -0.830. The normalized spacial score (nSPS) is 50.6. The first-order valence-electron chi connectivity index (χ1n) is 6.95. The molecule has 0 radical (unpaired) electrons. The van der Waals surface area contributed by atoms with Crippen LogP contribution in [0.4, 0.5) is 0 Å². The zero-order chi connectivity index (χ0) is 13.1. The van der Waals surface area contributed by atoms with E-state index in [2.05, 4.69) is 13.5 Å². The molecule has 2 aliphatic carbocycles. The Morgan fingerprint density at radius 2 is 2.17 bits per heavy atom. The number of aliphatic hydroxyl groups excluding tert-OH is 1. The first kappa shape index (κ1) is 12.2. The summed E-state index contributed by atoms with van der Waals surface area (Å²) < 4.78 is 5.65. The Labute approximate surface area is 108 Å². The van der Waals surface area contributed by atoms with Gasteiger partial charge in [0.15, 0.2) is 0 Å². The first-order valence-corrected chi connectivity index (χ1v) is 6.95. The van der Waals surface area contributed by atoms with Gasteiger partial charge < -0.3 is 9.84 Å². The summed E-state index contributed by atoms with van der Waals surface area (Å²) in [5, 5.41) is 10.3. The van der Waals surface area contributed by atoms with Gasteiger partial charge >= 0.3 is 5.97 Å². The number of aliphatic hydroxyl groups is 1. The third-order valence-electron chi connectivity index (χ3n) is 5.93. The van der Waals surface area contributed by atoms with Crippen LogP contribution in [-0.2, 0) is 9.53 Å². The van der Waals surface area contributed by atoms with E-state index in [4.69, 9.17) is 4.74 Å². The first-order chi connectivity index (χ1) is 8.41. The van der Waals surface area contributed by atoms with E-state index >= 15 is 0 Å². The van der Waals surface area contributed by atoms with Crippen molar-refractivity contribution in [3.05, 3.63) is 12.2 Å². The molecule has 5 unspecified atom stereocenters. The van der Waals surface area contributed by atoms with Gasteiger partial charge in [-0.05, 0) is 32.6 Å². The molecule has 1 aliphatic heterocycles. The van der Waals surface area contributed by atoms with Crippen molar-refractivity contribution in [2.75, 3.05) is 0 Å². The number of hydrogen-bond donors (Lipinski definition) is 1. The average Bonchev–Trinajstić information content (AvgIpc) is 2.69. The summed E-state index contributed by atoms with van der Waals surface area (Å²) in [7, 11) is 0. The highest BCUT2D eigenvalue weighted by Crippen LogP contribution is 2.64. The fourth-order valence-electron chi connectivity index (χ4n) is 4.53. The molecule has 1 spiro atoms. The van der Waals surface area contributed by atoms with Crippen LogP contribution >= 0.6 is 0 Å². The Balaban J connectivity index is 2.04. The second kappa shape index (κ2) is 3.60. The van der Waals surface area contributed by atoms with Crippen LogP contribution in [0.15, 0.2) is 12.2 Å². The number of carbonyl (C=O) groups excluding carboxylic acids is 1. The average molecular weight is 250 g/mol. The fourth-order valence-corrected chi connectivity index (χ4v) is 4.53. The maximum Gasteiger partial charge on any atom is 0.313 e. The van der Waals surface area contributed by atoms with Crippen LogP contribution in [0.25, 0.3) is 0 Å². The predicted octanol–water partition coefficient (Wildman–Crippen LogP) is 2.44. The molecule has 5 atom stereocenters. The molecule has 1 heterocycles. The molecule has 0 aromatic heterocycles. The third-order valence-corrected chi connectivity index (χ3v) is 5.93. The van der Waals surface area contributed by atoms with Crippen molar-refractivity contribution in [3.8, 4) is 0 Å². The lowest BCUT2D eigenvalue weighted by Crippen LogP contribution is -2.44. The summed E-state index contributed by atoms with van der Waals surface area (Å²) in [6, 6.07) is 0. The zero-order valence-corrected chi connectivity index (χ0v) is 11.2. The summed E-state index contributed by atoms with van der Waals surface area (Å²) in [5.41, 5.74) is 0.368. The number of esters is 1. The molecule has 3 aliphatic rings. The topological polar surface area (TPSA) is 46.5 Å². The van der Waals surface area contributed by atoms with Gasteiger partial charge in [-0.25, -0.2) is 0 Å². The van der Waals surface area contributed by atoms with Gasteiger partial charge in [0.05, 0.1) is 11.5 Å². The quantitative estimate of drug-likeness (QED) is 0.574. The molecule has 0 amide bonds. The predicted molar refractivity (Wildman–Crippen MR) is 67.8 cm³/mol. The standard InChI is InChI=1S/C15H22O3/c1-9(2)10-4-6-14(3)12(16)5-7-15(14)8-11(10)18-13(15)17/h10-12,16H,1,4-8H2,2-3H3. The molecule has 3 rings (SSSR count).